The molecule has 1 saturated heterocycles. The number of aliphatic carboxylic acids is 1. The van der Waals surface area contributed by atoms with E-state index in [0.29, 0.717) is 0 Å². The molecule has 0 aromatic rings. The molecule has 1 rings (SSSR count). The maximum absolute atomic E-state index is 10.5. The molecule has 0 aliphatic carbocycles. The fraction of sp³-hybridized carbons (Fsp3) is 0.800. The number of nitrogens with zero attached hydrogens (tertiary/aromatic N) is 1. The maximum atomic E-state index is 10.5. The van der Waals surface area contributed by atoms with Crippen molar-refractivity contribution < 1.29 is 14.7 Å². The molecule has 0 amide bonds. The smallest absolute Gasteiger partial charge is 0.357 e. The van der Waals surface area contributed by atoms with Gasteiger partial charge in [0.25, 0.3) is 5.72 Å². The van der Waals surface area contributed by atoms with E-state index in [2.05, 4.69) is 4.84 Å². The van der Waals surface area contributed by atoms with Crippen molar-refractivity contribution in [1.82, 2.24) is 5.17 Å². The van der Waals surface area contributed by atoms with E-state index in [1.54, 1.807) is 13.8 Å². The number of hydrazine groups is 1. The van der Waals surface area contributed by atoms with Crippen LogP contribution in [0.25, 0.3) is 0 Å². The van der Waals surface area contributed by atoms with Crippen LogP contribution in [0.3, 0.4) is 0 Å². The molecule has 1 aliphatic rings. The standard InChI is InChI=1S/C5H10N2O3/c1-3(2)5(4(8)9)7(6)10-5/h3H,6H2,1-2H3,(H,8,9)/t5-,7?/m1/s1. The Morgan fingerprint density at radius 2 is 2.20 bits per heavy atom. The Labute approximate surface area is 58.3 Å². The second-order valence-electron chi connectivity index (χ2n) is 2.57. The molecule has 58 valence electrons. The topological polar surface area (TPSA) is 78.9 Å². The maximum Gasteiger partial charge on any atom is 0.357 e. The van der Waals surface area contributed by atoms with Gasteiger partial charge in [-0.15, -0.1) is 0 Å². The first-order valence-corrected chi connectivity index (χ1v) is 2.99. The Bertz CT molecular complexity index is 170. The zero-order valence-electron chi connectivity index (χ0n) is 5.87. The van der Waals surface area contributed by atoms with E-state index < -0.39 is 11.7 Å². The monoisotopic (exact) mass is 146 g/mol. The molecule has 2 atom stereocenters. The zero-order chi connectivity index (χ0) is 7.94. The Morgan fingerprint density at radius 3 is 2.20 bits per heavy atom. The van der Waals surface area contributed by atoms with Gasteiger partial charge in [0, 0.05) is 5.92 Å². The van der Waals surface area contributed by atoms with E-state index in [1.807, 2.05) is 0 Å². The molecule has 0 spiro atoms. The summed E-state index contributed by atoms with van der Waals surface area (Å²) < 4.78 is 0. The van der Waals surface area contributed by atoms with E-state index in [1.165, 1.54) is 0 Å². The van der Waals surface area contributed by atoms with Gasteiger partial charge in [-0.3, -0.25) is 0 Å². The number of nitrogens with two attached hydrogens (primary N) is 1. The molecule has 1 aliphatic heterocycles. The predicted molar refractivity (Wildman–Crippen MR) is 32.3 cm³/mol. The third-order valence-corrected chi connectivity index (χ3v) is 1.62. The average molecular weight is 146 g/mol. The van der Waals surface area contributed by atoms with Gasteiger partial charge in [-0.2, -0.15) is 0 Å². The van der Waals surface area contributed by atoms with Gasteiger partial charge < -0.3 is 5.11 Å². The van der Waals surface area contributed by atoms with Crippen molar-refractivity contribution >= 4 is 5.97 Å². The fourth-order valence-electron chi connectivity index (χ4n) is 0.870. The molecule has 0 bridgehead atoms. The van der Waals surface area contributed by atoms with Gasteiger partial charge in [0.15, 0.2) is 0 Å². The average Bonchev–Trinajstić information content (AvgIpc) is 2.42. The molecule has 0 radical (unpaired) electrons. The van der Waals surface area contributed by atoms with Crippen molar-refractivity contribution in [3.8, 4) is 0 Å². The van der Waals surface area contributed by atoms with Gasteiger partial charge in [-0.25, -0.2) is 15.5 Å². The minimum Gasteiger partial charge on any atom is -0.478 e. The van der Waals surface area contributed by atoms with Crippen molar-refractivity contribution in [2.75, 3.05) is 0 Å². The number of hydrogen-bond acceptors (Lipinski definition) is 4. The Kier molecular flexibility index (Phi) is 1.43. The van der Waals surface area contributed by atoms with Crippen LogP contribution in [0, 0.1) is 5.92 Å². The van der Waals surface area contributed by atoms with Gasteiger partial charge in [0.2, 0.25) is 0 Å². The van der Waals surface area contributed by atoms with Gasteiger partial charge >= 0.3 is 5.97 Å². The summed E-state index contributed by atoms with van der Waals surface area (Å²) in [5, 5.41) is 9.46. The van der Waals surface area contributed by atoms with Gasteiger partial charge in [0.05, 0.1) is 0 Å². The summed E-state index contributed by atoms with van der Waals surface area (Å²) in [6, 6.07) is 0. The highest BCUT2D eigenvalue weighted by molar-refractivity contribution is 5.79. The van der Waals surface area contributed by atoms with Gasteiger partial charge in [-0.05, 0) is 0 Å². The SMILES string of the molecule is CC(C)[C@]1(C(=O)O)ON1N. The highest BCUT2D eigenvalue weighted by atomic mass is 16.9. The third-order valence-electron chi connectivity index (χ3n) is 1.62. The molecular formula is C5H10N2O3. The lowest BCUT2D eigenvalue weighted by molar-refractivity contribution is -0.145. The van der Waals surface area contributed by atoms with Crippen LogP contribution in [0.15, 0.2) is 0 Å². The van der Waals surface area contributed by atoms with E-state index in [4.69, 9.17) is 10.9 Å². The quantitative estimate of drug-likeness (QED) is 0.407. The van der Waals surface area contributed by atoms with Crippen molar-refractivity contribution in [2.24, 2.45) is 11.8 Å². The highest BCUT2D eigenvalue weighted by Gasteiger charge is 2.63. The summed E-state index contributed by atoms with van der Waals surface area (Å²) in [5.74, 6) is 3.95. The second-order valence-corrected chi connectivity index (χ2v) is 2.57. The molecule has 10 heavy (non-hydrogen) atoms. The zero-order valence-corrected chi connectivity index (χ0v) is 5.87. The molecule has 0 aromatic carbocycles. The van der Waals surface area contributed by atoms with Crippen LogP contribution in [0.5, 0.6) is 0 Å². The number of carboxylic acid groups (broad SMARTS) is 1. The fourth-order valence-corrected chi connectivity index (χ4v) is 0.870. The van der Waals surface area contributed by atoms with Crippen LogP contribution in [0.1, 0.15) is 13.8 Å². The number of carboxylic acids is 1. The first-order chi connectivity index (χ1) is 4.51. The molecule has 1 unspecified atom stereocenters. The van der Waals surface area contributed by atoms with Crippen LogP contribution < -0.4 is 5.84 Å². The van der Waals surface area contributed by atoms with Crippen molar-refractivity contribution in [3.05, 3.63) is 0 Å². The number of rotatable bonds is 2. The molecule has 0 saturated carbocycles. The van der Waals surface area contributed by atoms with Gasteiger partial charge in [-0.1, -0.05) is 19.0 Å². The first-order valence-electron chi connectivity index (χ1n) is 2.99. The molecule has 3 N–H and O–H groups in total. The van der Waals surface area contributed by atoms with Crippen LogP contribution in [-0.2, 0) is 9.63 Å². The Hall–Kier alpha value is -0.650. The Balaban J connectivity index is 2.73. The summed E-state index contributed by atoms with van der Waals surface area (Å²) in [7, 11) is 0. The normalized spacial score (nSPS) is 38.2. The number of hydrogen-bond donors (Lipinski definition) is 2. The summed E-state index contributed by atoms with van der Waals surface area (Å²) in [5.41, 5.74) is -1.26. The van der Waals surface area contributed by atoms with Crippen molar-refractivity contribution in [3.63, 3.8) is 0 Å². The van der Waals surface area contributed by atoms with Crippen LogP contribution in [0.4, 0.5) is 0 Å². The lowest BCUT2D eigenvalue weighted by atomic mass is 10.0. The van der Waals surface area contributed by atoms with Crippen molar-refractivity contribution in [2.45, 2.75) is 19.6 Å². The number of carbonyl (C=O) groups is 1. The molecule has 5 heteroatoms. The lowest BCUT2D eigenvalue weighted by Crippen LogP contribution is -2.37. The molecule has 5 nitrogen and oxygen atoms in total. The minimum absolute atomic E-state index is 0.144. The summed E-state index contributed by atoms with van der Waals surface area (Å²) in [6.45, 7) is 3.47. The third kappa shape index (κ3) is 0.716. The van der Waals surface area contributed by atoms with Crippen molar-refractivity contribution in [1.29, 1.82) is 0 Å². The predicted octanol–water partition coefficient (Wildman–Crippen LogP) is -0.456. The Morgan fingerprint density at radius 1 is 1.80 bits per heavy atom. The van der Waals surface area contributed by atoms with Crippen LogP contribution in [-0.4, -0.2) is 22.0 Å². The van der Waals surface area contributed by atoms with E-state index in [9.17, 15) is 4.79 Å². The summed E-state index contributed by atoms with van der Waals surface area (Å²) in [4.78, 5) is 15.1. The second kappa shape index (κ2) is 1.91. The first kappa shape index (κ1) is 7.46. The largest absolute Gasteiger partial charge is 0.478 e. The number of hydroxylamine groups is 1. The molecule has 1 fully saturated rings. The minimum atomic E-state index is -1.26. The summed E-state index contributed by atoms with van der Waals surface area (Å²) >= 11 is 0. The van der Waals surface area contributed by atoms with E-state index >= 15 is 0 Å². The van der Waals surface area contributed by atoms with E-state index in [-0.39, 0.29) is 5.92 Å². The molecular weight excluding hydrogens is 136 g/mol. The van der Waals surface area contributed by atoms with Crippen LogP contribution in [0.2, 0.25) is 0 Å². The molecule has 0 aromatic heterocycles. The summed E-state index contributed by atoms with van der Waals surface area (Å²) in [6.07, 6.45) is 0. The van der Waals surface area contributed by atoms with Gasteiger partial charge in [0.1, 0.15) is 0 Å². The lowest BCUT2D eigenvalue weighted by Gasteiger charge is -2.07. The van der Waals surface area contributed by atoms with Crippen LogP contribution >= 0.6 is 0 Å². The molecule has 1 heterocycles. The van der Waals surface area contributed by atoms with E-state index in [0.717, 1.165) is 5.17 Å². The highest BCUT2D eigenvalue weighted by Crippen LogP contribution is 2.37.